The van der Waals surface area contributed by atoms with E-state index >= 15 is 0 Å². The highest BCUT2D eigenvalue weighted by molar-refractivity contribution is 6.11. The van der Waals surface area contributed by atoms with E-state index in [2.05, 4.69) is 5.32 Å². The van der Waals surface area contributed by atoms with Gasteiger partial charge in [0.05, 0.1) is 0 Å². The Morgan fingerprint density at radius 1 is 1.00 bits per heavy atom. The SMILES string of the molecule is CC(=O)C1=C(C)NC(C)=C(C(=O)c2ccccc2)C1. The van der Waals surface area contributed by atoms with Gasteiger partial charge in [-0.2, -0.15) is 0 Å². The monoisotopic (exact) mass is 255 g/mol. The normalized spacial score (nSPS) is 15.3. The maximum absolute atomic E-state index is 12.5. The van der Waals surface area contributed by atoms with E-state index in [4.69, 9.17) is 0 Å². The number of carbonyl (C=O) groups is 2. The number of nitrogens with one attached hydrogen (secondary N) is 1. The lowest BCUT2D eigenvalue weighted by atomic mass is 9.90. The van der Waals surface area contributed by atoms with Crippen LogP contribution in [0, 0.1) is 0 Å². The molecule has 3 heteroatoms. The maximum atomic E-state index is 12.5. The summed E-state index contributed by atoms with van der Waals surface area (Å²) in [7, 11) is 0. The molecule has 1 aromatic rings. The van der Waals surface area contributed by atoms with Gasteiger partial charge in [0, 0.05) is 34.5 Å². The molecule has 0 unspecified atom stereocenters. The van der Waals surface area contributed by atoms with Crippen LogP contribution in [0.1, 0.15) is 37.6 Å². The van der Waals surface area contributed by atoms with Crippen molar-refractivity contribution in [2.24, 2.45) is 0 Å². The number of hydrogen-bond acceptors (Lipinski definition) is 3. The third kappa shape index (κ3) is 2.65. The Hall–Kier alpha value is -2.16. The van der Waals surface area contributed by atoms with E-state index in [0.29, 0.717) is 23.1 Å². The zero-order chi connectivity index (χ0) is 14.0. The smallest absolute Gasteiger partial charge is 0.191 e. The summed E-state index contributed by atoms with van der Waals surface area (Å²) in [4.78, 5) is 24.0. The lowest BCUT2D eigenvalue weighted by Crippen LogP contribution is -2.24. The zero-order valence-corrected chi connectivity index (χ0v) is 11.4. The van der Waals surface area contributed by atoms with E-state index < -0.39 is 0 Å². The van der Waals surface area contributed by atoms with Gasteiger partial charge in [-0.3, -0.25) is 9.59 Å². The van der Waals surface area contributed by atoms with Gasteiger partial charge in [-0.25, -0.2) is 0 Å². The van der Waals surface area contributed by atoms with Crippen LogP contribution in [0.4, 0.5) is 0 Å². The largest absolute Gasteiger partial charge is 0.362 e. The third-order valence-electron chi connectivity index (χ3n) is 3.37. The minimum atomic E-state index is -0.0168. The van der Waals surface area contributed by atoms with Crippen LogP contribution >= 0.6 is 0 Å². The highest BCUT2D eigenvalue weighted by atomic mass is 16.1. The van der Waals surface area contributed by atoms with Gasteiger partial charge in [-0.15, -0.1) is 0 Å². The summed E-state index contributed by atoms with van der Waals surface area (Å²) in [5.74, 6) is -0.00675. The summed E-state index contributed by atoms with van der Waals surface area (Å²) < 4.78 is 0. The van der Waals surface area contributed by atoms with Crippen molar-refractivity contribution in [2.75, 3.05) is 0 Å². The molecule has 0 fully saturated rings. The van der Waals surface area contributed by atoms with Crippen molar-refractivity contribution >= 4 is 11.6 Å². The van der Waals surface area contributed by atoms with Gasteiger partial charge in [-0.05, 0) is 20.8 Å². The molecular formula is C16H17NO2. The van der Waals surface area contributed by atoms with E-state index in [9.17, 15) is 9.59 Å². The molecule has 1 aliphatic rings. The molecule has 0 aliphatic carbocycles. The fraction of sp³-hybridized carbons (Fsp3) is 0.250. The molecule has 1 aliphatic heterocycles. The van der Waals surface area contributed by atoms with Gasteiger partial charge in [0.15, 0.2) is 11.6 Å². The summed E-state index contributed by atoms with van der Waals surface area (Å²) in [6, 6.07) is 9.14. The molecule has 98 valence electrons. The van der Waals surface area contributed by atoms with E-state index in [1.165, 1.54) is 6.92 Å². The average molecular weight is 255 g/mol. The molecule has 0 aromatic heterocycles. The average Bonchev–Trinajstić information content (AvgIpc) is 2.38. The minimum absolute atomic E-state index is 0.0101. The lowest BCUT2D eigenvalue weighted by molar-refractivity contribution is -0.113. The van der Waals surface area contributed by atoms with Gasteiger partial charge >= 0.3 is 0 Å². The topological polar surface area (TPSA) is 46.2 Å². The van der Waals surface area contributed by atoms with Crippen LogP contribution in [0.15, 0.2) is 52.9 Å². The molecule has 0 bridgehead atoms. The number of benzene rings is 1. The van der Waals surface area contributed by atoms with Crippen molar-refractivity contribution in [1.82, 2.24) is 5.32 Å². The first-order valence-electron chi connectivity index (χ1n) is 6.28. The fourth-order valence-electron chi connectivity index (χ4n) is 2.28. The molecule has 0 radical (unpaired) electrons. The second kappa shape index (κ2) is 5.22. The number of Topliss-reactive ketones (excluding diaryl/α,β-unsaturated/α-hetero) is 2. The molecular weight excluding hydrogens is 238 g/mol. The summed E-state index contributed by atoms with van der Waals surface area (Å²) >= 11 is 0. The van der Waals surface area contributed by atoms with E-state index in [0.717, 1.165) is 11.4 Å². The van der Waals surface area contributed by atoms with Gasteiger partial charge in [0.25, 0.3) is 0 Å². The molecule has 1 N–H and O–H groups in total. The Morgan fingerprint density at radius 2 is 1.58 bits per heavy atom. The van der Waals surface area contributed by atoms with Crippen LogP contribution in [0.5, 0.6) is 0 Å². The second-order valence-corrected chi connectivity index (χ2v) is 4.76. The highest BCUT2D eigenvalue weighted by Crippen LogP contribution is 2.26. The van der Waals surface area contributed by atoms with Crippen molar-refractivity contribution in [3.05, 3.63) is 58.4 Å². The number of rotatable bonds is 3. The summed E-state index contributed by atoms with van der Waals surface area (Å²) in [6.45, 7) is 5.27. The van der Waals surface area contributed by atoms with Crippen molar-refractivity contribution in [3.63, 3.8) is 0 Å². The number of allylic oxidation sites excluding steroid dienone is 4. The van der Waals surface area contributed by atoms with Gasteiger partial charge < -0.3 is 5.32 Å². The molecule has 0 amide bonds. The number of carbonyl (C=O) groups excluding carboxylic acids is 2. The van der Waals surface area contributed by atoms with Gasteiger partial charge in [0.1, 0.15) is 0 Å². The molecule has 0 atom stereocenters. The Bertz CT molecular complexity index is 594. The molecule has 0 saturated heterocycles. The van der Waals surface area contributed by atoms with Crippen molar-refractivity contribution < 1.29 is 9.59 Å². The van der Waals surface area contributed by atoms with E-state index in [1.54, 1.807) is 12.1 Å². The first-order valence-corrected chi connectivity index (χ1v) is 6.28. The Labute approximate surface area is 113 Å². The minimum Gasteiger partial charge on any atom is -0.362 e. The molecule has 2 rings (SSSR count). The van der Waals surface area contributed by atoms with Crippen molar-refractivity contribution in [2.45, 2.75) is 27.2 Å². The van der Waals surface area contributed by atoms with Crippen LogP contribution in [-0.2, 0) is 4.79 Å². The van der Waals surface area contributed by atoms with Gasteiger partial charge in [-0.1, -0.05) is 30.3 Å². The maximum Gasteiger partial charge on any atom is 0.191 e. The third-order valence-corrected chi connectivity index (χ3v) is 3.37. The fourth-order valence-corrected chi connectivity index (χ4v) is 2.28. The van der Waals surface area contributed by atoms with Crippen LogP contribution in [0.2, 0.25) is 0 Å². The molecule has 19 heavy (non-hydrogen) atoms. The highest BCUT2D eigenvalue weighted by Gasteiger charge is 2.23. The lowest BCUT2D eigenvalue weighted by Gasteiger charge is -2.22. The molecule has 0 spiro atoms. The molecule has 1 aromatic carbocycles. The van der Waals surface area contributed by atoms with Crippen LogP contribution in [0.25, 0.3) is 0 Å². The van der Waals surface area contributed by atoms with Crippen molar-refractivity contribution in [3.8, 4) is 0 Å². The second-order valence-electron chi connectivity index (χ2n) is 4.76. The van der Waals surface area contributed by atoms with Crippen LogP contribution in [-0.4, -0.2) is 11.6 Å². The number of hydrogen-bond donors (Lipinski definition) is 1. The summed E-state index contributed by atoms with van der Waals surface area (Å²) in [5, 5.41) is 3.13. The first kappa shape index (κ1) is 13.3. The van der Waals surface area contributed by atoms with E-state index in [1.807, 2.05) is 32.0 Å². The number of dihydropyridines is 1. The first-order chi connectivity index (χ1) is 9.00. The molecule has 1 heterocycles. The van der Waals surface area contributed by atoms with Crippen LogP contribution < -0.4 is 5.32 Å². The zero-order valence-electron chi connectivity index (χ0n) is 11.4. The Kier molecular flexibility index (Phi) is 3.65. The standard InChI is InChI=1S/C16H17NO2/c1-10-14(12(3)18)9-15(11(2)17-10)16(19)13-7-5-4-6-8-13/h4-8,17H,9H2,1-3H3. The predicted octanol–water partition coefficient (Wildman–Crippen LogP) is 3.00. The summed E-state index contributed by atoms with van der Waals surface area (Å²) in [6.07, 6.45) is 0.410. The number of ketones is 2. The quantitative estimate of drug-likeness (QED) is 0.844. The van der Waals surface area contributed by atoms with Gasteiger partial charge in [0.2, 0.25) is 0 Å². The molecule has 0 saturated carbocycles. The van der Waals surface area contributed by atoms with Crippen molar-refractivity contribution in [1.29, 1.82) is 0 Å². The predicted molar refractivity (Wildman–Crippen MR) is 74.6 cm³/mol. The van der Waals surface area contributed by atoms with E-state index in [-0.39, 0.29) is 11.6 Å². The Balaban J connectivity index is 2.33. The van der Waals surface area contributed by atoms with Crippen LogP contribution in [0.3, 0.4) is 0 Å². The summed E-state index contributed by atoms with van der Waals surface area (Å²) in [5.41, 5.74) is 3.68. The molecule has 3 nitrogen and oxygen atoms in total. The Morgan fingerprint density at radius 3 is 2.16 bits per heavy atom.